The summed E-state index contributed by atoms with van der Waals surface area (Å²) in [5, 5.41) is 3.60. The van der Waals surface area contributed by atoms with Crippen molar-refractivity contribution in [2.24, 2.45) is 0 Å². The first-order valence-corrected chi connectivity index (χ1v) is 6.24. The Morgan fingerprint density at radius 2 is 1.89 bits per heavy atom. The maximum atomic E-state index is 12.2. The number of nitrogens with zero attached hydrogens (tertiary/aromatic N) is 1. The van der Waals surface area contributed by atoms with E-state index < -0.39 is 22.7 Å². The minimum Gasteiger partial charge on any atom is -0.363 e. The number of rotatable bonds is 3. The van der Waals surface area contributed by atoms with Crippen molar-refractivity contribution in [2.45, 2.75) is 11.1 Å². The summed E-state index contributed by atoms with van der Waals surface area (Å²) < 4.78 is 52.8. The van der Waals surface area contributed by atoms with E-state index in [4.69, 9.17) is 0 Å². The molecule has 0 N–H and O–H groups in total. The molecule has 2 aromatic rings. The van der Waals surface area contributed by atoms with Crippen molar-refractivity contribution in [3.63, 3.8) is 0 Å². The van der Waals surface area contributed by atoms with E-state index in [1.807, 2.05) is 0 Å². The lowest BCUT2D eigenvalue weighted by molar-refractivity contribution is -0.105. The zero-order chi connectivity index (χ0) is 13.2. The minimum atomic E-state index is -4.49. The van der Waals surface area contributed by atoms with Gasteiger partial charge in [-0.15, -0.1) is 0 Å². The Kier molecular flexibility index (Phi) is 3.51. The van der Waals surface area contributed by atoms with Crippen LogP contribution in [0.25, 0.3) is 11.3 Å². The Morgan fingerprint density at radius 3 is 2.50 bits per heavy atom. The SMILES string of the molecule is O=S(CC(F)(F)F)c1conc1-c1ccccc1. The number of hydrogen-bond donors (Lipinski definition) is 0. The Hall–Kier alpha value is -1.63. The van der Waals surface area contributed by atoms with Gasteiger partial charge in [0.2, 0.25) is 0 Å². The molecular formula is C11H8F3NO2S. The summed E-state index contributed by atoms with van der Waals surface area (Å²) in [4.78, 5) is -0.0430. The van der Waals surface area contributed by atoms with Gasteiger partial charge in [-0.05, 0) is 0 Å². The first-order chi connectivity index (χ1) is 8.47. The summed E-state index contributed by atoms with van der Waals surface area (Å²) in [6, 6.07) is 8.50. The highest BCUT2D eigenvalue weighted by atomic mass is 32.2. The molecule has 0 amide bonds. The summed E-state index contributed by atoms with van der Waals surface area (Å²) >= 11 is 0. The van der Waals surface area contributed by atoms with Crippen LogP contribution in [0.1, 0.15) is 0 Å². The maximum Gasteiger partial charge on any atom is 0.400 e. The van der Waals surface area contributed by atoms with E-state index in [-0.39, 0.29) is 10.6 Å². The highest BCUT2D eigenvalue weighted by Gasteiger charge is 2.32. The molecule has 0 radical (unpaired) electrons. The monoisotopic (exact) mass is 275 g/mol. The van der Waals surface area contributed by atoms with E-state index in [1.165, 1.54) is 0 Å². The molecule has 1 unspecified atom stereocenters. The van der Waals surface area contributed by atoms with Crippen LogP contribution in [-0.4, -0.2) is 21.3 Å². The van der Waals surface area contributed by atoms with Crippen LogP contribution >= 0.6 is 0 Å². The van der Waals surface area contributed by atoms with Crippen molar-refractivity contribution in [1.82, 2.24) is 5.16 Å². The molecule has 0 bridgehead atoms. The highest BCUT2D eigenvalue weighted by Crippen LogP contribution is 2.27. The summed E-state index contributed by atoms with van der Waals surface area (Å²) in [6.45, 7) is 0. The van der Waals surface area contributed by atoms with E-state index >= 15 is 0 Å². The van der Waals surface area contributed by atoms with Gasteiger partial charge in [0.15, 0.2) is 0 Å². The van der Waals surface area contributed by atoms with E-state index in [1.54, 1.807) is 30.3 Å². The maximum absolute atomic E-state index is 12.2. The van der Waals surface area contributed by atoms with Gasteiger partial charge >= 0.3 is 6.18 Å². The summed E-state index contributed by atoms with van der Waals surface area (Å²) in [5.41, 5.74) is 0.745. The smallest absolute Gasteiger partial charge is 0.363 e. The molecule has 0 aliphatic rings. The highest BCUT2D eigenvalue weighted by molar-refractivity contribution is 7.85. The van der Waals surface area contributed by atoms with Crippen LogP contribution in [0.2, 0.25) is 0 Å². The molecule has 0 aliphatic heterocycles. The van der Waals surface area contributed by atoms with Crippen LogP contribution < -0.4 is 0 Å². The van der Waals surface area contributed by atoms with E-state index in [2.05, 4.69) is 9.68 Å². The molecule has 18 heavy (non-hydrogen) atoms. The standard InChI is InChI=1S/C11H8F3NO2S/c12-11(13,14)7-18(16)9-6-17-15-10(9)8-4-2-1-3-5-8/h1-6H,7H2. The Balaban J connectivity index is 2.32. The first-order valence-electron chi connectivity index (χ1n) is 4.92. The average molecular weight is 275 g/mol. The third-order valence-electron chi connectivity index (χ3n) is 2.12. The Labute approximate surface area is 103 Å². The molecule has 2 rings (SSSR count). The lowest BCUT2D eigenvalue weighted by Gasteiger charge is -2.05. The summed E-state index contributed by atoms with van der Waals surface area (Å²) in [6.07, 6.45) is -3.50. The number of benzene rings is 1. The molecular weight excluding hydrogens is 267 g/mol. The Morgan fingerprint density at radius 1 is 1.22 bits per heavy atom. The van der Waals surface area contributed by atoms with Crippen molar-refractivity contribution in [2.75, 3.05) is 5.75 Å². The van der Waals surface area contributed by atoms with Gasteiger partial charge < -0.3 is 4.52 Å². The van der Waals surface area contributed by atoms with Crippen molar-refractivity contribution >= 4 is 10.8 Å². The fraction of sp³-hybridized carbons (Fsp3) is 0.182. The molecule has 1 aromatic heterocycles. The lowest BCUT2D eigenvalue weighted by atomic mass is 10.2. The normalized spacial score (nSPS) is 13.5. The van der Waals surface area contributed by atoms with Gasteiger partial charge in [0.25, 0.3) is 0 Å². The molecule has 0 saturated carbocycles. The number of aromatic nitrogens is 1. The van der Waals surface area contributed by atoms with E-state index in [0.717, 1.165) is 6.26 Å². The second-order valence-corrected chi connectivity index (χ2v) is 4.92. The topological polar surface area (TPSA) is 43.1 Å². The van der Waals surface area contributed by atoms with Crippen molar-refractivity contribution in [3.05, 3.63) is 36.6 Å². The summed E-state index contributed by atoms with van der Waals surface area (Å²) in [5.74, 6) is -1.41. The minimum absolute atomic E-state index is 0.0430. The molecule has 96 valence electrons. The van der Waals surface area contributed by atoms with E-state index in [9.17, 15) is 17.4 Å². The zero-order valence-electron chi connectivity index (χ0n) is 8.98. The van der Waals surface area contributed by atoms with Gasteiger partial charge in [-0.2, -0.15) is 13.2 Å². The van der Waals surface area contributed by atoms with Crippen molar-refractivity contribution < 1.29 is 21.9 Å². The van der Waals surface area contributed by atoms with Crippen LogP contribution in [-0.2, 0) is 10.8 Å². The van der Waals surface area contributed by atoms with Gasteiger partial charge in [-0.1, -0.05) is 35.5 Å². The fourth-order valence-electron chi connectivity index (χ4n) is 1.41. The second kappa shape index (κ2) is 4.93. The number of hydrogen-bond acceptors (Lipinski definition) is 3. The van der Waals surface area contributed by atoms with Gasteiger partial charge in [-0.3, -0.25) is 4.21 Å². The molecule has 3 nitrogen and oxygen atoms in total. The zero-order valence-corrected chi connectivity index (χ0v) is 9.79. The van der Waals surface area contributed by atoms with Gasteiger partial charge in [0.05, 0.1) is 10.8 Å². The van der Waals surface area contributed by atoms with Crippen LogP contribution in [0.3, 0.4) is 0 Å². The van der Waals surface area contributed by atoms with Gasteiger partial charge in [0, 0.05) is 5.56 Å². The quantitative estimate of drug-likeness (QED) is 0.864. The molecule has 0 aliphatic carbocycles. The predicted molar refractivity (Wildman–Crippen MR) is 59.3 cm³/mol. The fourth-order valence-corrected chi connectivity index (χ4v) is 2.38. The van der Waals surface area contributed by atoms with Gasteiger partial charge in [0.1, 0.15) is 22.6 Å². The van der Waals surface area contributed by atoms with Crippen LogP contribution in [0.4, 0.5) is 13.2 Å². The van der Waals surface area contributed by atoms with Gasteiger partial charge in [-0.25, -0.2) is 0 Å². The summed E-state index contributed by atoms with van der Waals surface area (Å²) in [7, 11) is -2.22. The molecule has 1 heterocycles. The van der Waals surface area contributed by atoms with Crippen molar-refractivity contribution in [1.29, 1.82) is 0 Å². The number of halogens is 3. The molecule has 1 atom stereocenters. The lowest BCUT2D eigenvalue weighted by Crippen LogP contribution is -2.18. The van der Waals surface area contributed by atoms with E-state index in [0.29, 0.717) is 5.56 Å². The molecule has 0 fully saturated rings. The van der Waals surface area contributed by atoms with Crippen LogP contribution in [0, 0.1) is 0 Å². The predicted octanol–water partition coefficient (Wildman–Crippen LogP) is 3.01. The second-order valence-electron chi connectivity index (χ2n) is 3.50. The largest absolute Gasteiger partial charge is 0.400 e. The molecule has 0 saturated heterocycles. The van der Waals surface area contributed by atoms with Crippen LogP contribution in [0.5, 0.6) is 0 Å². The Bertz CT molecular complexity index is 551. The molecule has 0 spiro atoms. The third kappa shape index (κ3) is 2.98. The average Bonchev–Trinajstić information content (AvgIpc) is 2.76. The molecule has 7 heteroatoms. The molecule has 1 aromatic carbocycles. The van der Waals surface area contributed by atoms with Crippen LogP contribution in [0.15, 0.2) is 46.0 Å². The van der Waals surface area contributed by atoms with Crippen molar-refractivity contribution in [3.8, 4) is 11.3 Å². The third-order valence-corrected chi connectivity index (χ3v) is 3.49. The first kappa shape index (κ1) is 12.8. The number of alkyl halides is 3.